The van der Waals surface area contributed by atoms with Crippen LogP contribution in [-0.2, 0) is 6.42 Å². The summed E-state index contributed by atoms with van der Waals surface area (Å²) in [6.07, 6.45) is 1.85. The SMILES string of the molecule is CCc1c(Cl)sc2c(O)c(C(=O)O)cnc12. The Hall–Kier alpha value is -1.33. The van der Waals surface area contributed by atoms with Crippen molar-refractivity contribution in [3.63, 3.8) is 0 Å². The van der Waals surface area contributed by atoms with Gasteiger partial charge in [0.05, 0.1) is 14.6 Å². The Kier molecular flexibility index (Phi) is 2.73. The summed E-state index contributed by atoms with van der Waals surface area (Å²) in [6, 6.07) is 0. The maximum atomic E-state index is 10.8. The van der Waals surface area contributed by atoms with Gasteiger partial charge in [-0.3, -0.25) is 4.98 Å². The average molecular weight is 258 g/mol. The lowest BCUT2D eigenvalue weighted by molar-refractivity contribution is 0.0693. The number of carboxylic acid groups (broad SMARTS) is 1. The molecule has 0 amide bonds. The molecule has 0 aliphatic carbocycles. The predicted molar refractivity (Wildman–Crippen MR) is 62.6 cm³/mol. The van der Waals surface area contributed by atoms with Crippen molar-refractivity contribution in [1.29, 1.82) is 0 Å². The van der Waals surface area contributed by atoms with Crippen LogP contribution in [0.15, 0.2) is 6.20 Å². The van der Waals surface area contributed by atoms with E-state index in [1.807, 2.05) is 6.92 Å². The fraction of sp³-hybridized carbons (Fsp3) is 0.200. The number of hydrogen-bond donors (Lipinski definition) is 2. The number of pyridine rings is 1. The molecule has 6 heteroatoms. The summed E-state index contributed by atoms with van der Waals surface area (Å²) in [7, 11) is 0. The normalized spacial score (nSPS) is 10.9. The Labute approximate surface area is 100 Å². The highest BCUT2D eigenvalue weighted by atomic mass is 35.5. The summed E-state index contributed by atoms with van der Waals surface area (Å²) in [4.78, 5) is 14.8. The maximum absolute atomic E-state index is 10.8. The molecule has 0 aliphatic rings. The minimum absolute atomic E-state index is 0.201. The minimum Gasteiger partial charge on any atom is -0.505 e. The van der Waals surface area contributed by atoms with Gasteiger partial charge in [-0.25, -0.2) is 4.79 Å². The number of halogens is 1. The van der Waals surface area contributed by atoms with Gasteiger partial charge in [0.15, 0.2) is 5.75 Å². The van der Waals surface area contributed by atoms with Crippen molar-refractivity contribution in [1.82, 2.24) is 4.98 Å². The van der Waals surface area contributed by atoms with E-state index in [1.54, 1.807) is 0 Å². The highest BCUT2D eigenvalue weighted by molar-refractivity contribution is 7.23. The molecule has 16 heavy (non-hydrogen) atoms. The van der Waals surface area contributed by atoms with Crippen LogP contribution in [0.4, 0.5) is 0 Å². The highest BCUT2D eigenvalue weighted by Crippen LogP contribution is 2.40. The maximum Gasteiger partial charge on any atom is 0.341 e. The van der Waals surface area contributed by atoms with Gasteiger partial charge in [-0.15, -0.1) is 11.3 Å². The molecule has 84 valence electrons. The molecule has 0 fully saturated rings. The number of aromatic carboxylic acids is 1. The molecule has 4 nitrogen and oxygen atoms in total. The Morgan fingerprint density at radius 3 is 2.88 bits per heavy atom. The lowest BCUT2D eigenvalue weighted by atomic mass is 10.2. The zero-order valence-electron chi connectivity index (χ0n) is 8.32. The van der Waals surface area contributed by atoms with Gasteiger partial charge >= 0.3 is 5.97 Å². The summed E-state index contributed by atoms with van der Waals surface area (Å²) < 4.78 is 0.976. The first-order valence-electron chi connectivity index (χ1n) is 4.58. The standard InChI is InChI=1S/C10H8ClNO3S/c1-2-4-6-8(16-9(4)11)7(13)5(3-12-6)10(14)15/h3H,2H2,1H3,(H,12,13)(H,14,15). The molecule has 0 aromatic carbocycles. The summed E-state index contributed by atoms with van der Waals surface area (Å²) >= 11 is 7.14. The highest BCUT2D eigenvalue weighted by Gasteiger charge is 2.19. The molecule has 0 saturated heterocycles. The van der Waals surface area contributed by atoms with Crippen LogP contribution in [0.1, 0.15) is 22.8 Å². The Balaban J connectivity index is 2.81. The van der Waals surface area contributed by atoms with E-state index in [4.69, 9.17) is 16.7 Å². The molecular weight excluding hydrogens is 250 g/mol. The number of thiophene rings is 1. The molecule has 0 radical (unpaired) electrons. The van der Waals surface area contributed by atoms with E-state index in [-0.39, 0.29) is 11.3 Å². The van der Waals surface area contributed by atoms with E-state index in [1.165, 1.54) is 0 Å². The predicted octanol–water partition coefficient (Wildman–Crippen LogP) is 2.92. The van der Waals surface area contributed by atoms with Crippen molar-refractivity contribution < 1.29 is 15.0 Å². The van der Waals surface area contributed by atoms with Gasteiger partial charge < -0.3 is 10.2 Å². The lowest BCUT2D eigenvalue weighted by Gasteiger charge is -2.00. The third-order valence-corrected chi connectivity index (χ3v) is 3.78. The summed E-state index contributed by atoms with van der Waals surface area (Å²) in [5.41, 5.74) is 1.22. The molecule has 0 unspecified atom stereocenters. The van der Waals surface area contributed by atoms with Crippen molar-refractivity contribution >= 4 is 39.1 Å². The third-order valence-electron chi connectivity index (χ3n) is 2.31. The van der Waals surface area contributed by atoms with Crippen LogP contribution >= 0.6 is 22.9 Å². The van der Waals surface area contributed by atoms with Gasteiger partial charge in [-0.05, 0) is 6.42 Å². The van der Waals surface area contributed by atoms with Crippen LogP contribution in [0.5, 0.6) is 5.75 Å². The molecule has 2 N–H and O–H groups in total. The van der Waals surface area contributed by atoms with Gasteiger partial charge in [-0.1, -0.05) is 18.5 Å². The molecule has 2 rings (SSSR count). The van der Waals surface area contributed by atoms with Crippen molar-refractivity contribution in [3.05, 3.63) is 21.7 Å². The largest absolute Gasteiger partial charge is 0.505 e. The fourth-order valence-corrected chi connectivity index (χ4v) is 2.98. The summed E-state index contributed by atoms with van der Waals surface area (Å²) in [5.74, 6) is -1.46. The number of carbonyl (C=O) groups is 1. The number of aryl methyl sites for hydroxylation is 1. The van der Waals surface area contributed by atoms with Gasteiger partial charge in [0.2, 0.25) is 0 Å². The lowest BCUT2D eigenvalue weighted by Crippen LogP contribution is -1.97. The topological polar surface area (TPSA) is 70.4 Å². The van der Waals surface area contributed by atoms with Crippen LogP contribution < -0.4 is 0 Å². The molecule has 2 aromatic heterocycles. The van der Waals surface area contributed by atoms with E-state index in [2.05, 4.69) is 4.98 Å². The second-order valence-corrected chi connectivity index (χ2v) is 4.83. The van der Waals surface area contributed by atoms with Gasteiger partial charge in [-0.2, -0.15) is 0 Å². The zero-order chi connectivity index (χ0) is 11.9. The zero-order valence-corrected chi connectivity index (χ0v) is 9.89. The quantitative estimate of drug-likeness (QED) is 0.868. The van der Waals surface area contributed by atoms with E-state index < -0.39 is 5.97 Å². The molecule has 0 saturated carbocycles. The van der Waals surface area contributed by atoms with E-state index in [0.717, 1.165) is 23.1 Å². The van der Waals surface area contributed by atoms with Crippen molar-refractivity contribution in [2.75, 3.05) is 0 Å². The third kappa shape index (κ3) is 1.52. The summed E-state index contributed by atoms with van der Waals surface area (Å²) in [6.45, 7) is 1.93. The first kappa shape index (κ1) is 11.2. The number of rotatable bonds is 2. The molecule has 0 bridgehead atoms. The first-order valence-corrected chi connectivity index (χ1v) is 5.77. The Morgan fingerprint density at radius 1 is 1.62 bits per heavy atom. The first-order chi connectivity index (χ1) is 7.56. The second kappa shape index (κ2) is 3.92. The van der Waals surface area contributed by atoms with Crippen LogP contribution in [-0.4, -0.2) is 21.2 Å². The molecule has 0 spiro atoms. The van der Waals surface area contributed by atoms with Gasteiger partial charge in [0, 0.05) is 11.8 Å². The molecule has 2 aromatic rings. The van der Waals surface area contributed by atoms with Gasteiger partial charge in [0.1, 0.15) is 5.56 Å². The van der Waals surface area contributed by atoms with E-state index in [9.17, 15) is 9.90 Å². The number of nitrogens with zero attached hydrogens (tertiary/aromatic N) is 1. The van der Waals surface area contributed by atoms with Crippen LogP contribution in [0, 0.1) is 0 Å². The average Bonchev–Trinajstić information content (AvgIpc) is 2.55. The molecule has 2 heterocycles. The van der Waals surface area contributed by atoms with E-state index in [0.29, 0.717) is 21.0 Å². The number of fused-ring (bicyclic) bond motifs is 1. The second-order valence-electron chi connectivity index (χ2n) is 3.21. The van der Waals surface area contributed by atoms with Crippen molar-refractivity contribution in [3.8, 4) is 5.75 Å². The smallest absolute Gasteiger partial charge is 0.341 e. The Bertz CT molecular complexity index is 579. The number of aromatic hydroxyl groups is 1. The van der Waals surface area contributed by atoms with Crippen LogP contribution in [0.25, 0.3) is 10.2 Å². The Morgan fingerprint density at radius 2 is 2.31 bits per heavy atom. The number of hydrogen-bond acceptors (Lipinski definition) is 4. The number of aromatic nitrogens is 1. The molecule has 0 aliphatic heterocycles. The number of carboxylic acids is 1. The van der Waals surface area contributed by atoms with Crippen LogP contribution in [0.3, 0.4) is 0 Å². The summed E-state index contributed by atoms with van der Waals surface area (Å²) in [5, 5.41) is 18.6. The van der Waals surface area contributed by atoms with Crippen molar-refractivity contribution in [2.24, 2.45) is 0 Å². The monoisotopic (exact) mass is 257 g/mol. The molecule has 0 atom stereocenters. The fourth-order valence-electron chi connectivity index (χ4n) is 1.50. The van der Waals surface area contributed by atoms with E-state index >= 15 is 0 Å². The molecular formula is C10H8ClNO3S. The van der Waals surface area contributed by atoms with Gasteiger partial charge in [0.25, 0.3) is 0 Å². The van der Waals surface area contributed by atoms with Crippen molar-refractivity contribution in [2.45, 2.75) is 13.3 Å². The van der Waals surface area contributed by atoms with Crippen LogP contribution in [0.2, 0.25) is 4.34 Å². The minimum atomic E-state index is -1.20.